The number of phenolic OH excluding ortho intramolecular Hbond substituents is 1. The molecule has 2 rings (SSSR count). The maximum Gasteiger partial charge on any atom is 0.347 e. The van der Waals surface area contributed by atoms with Gasteiger partial charge in [-0.3, -0.25) is 0 Å². The molecule has 0 bridgehead atoms. The molecular weight excluding hydrogens is 358 g/mol. The van der Waals surface area contributed by atoms with E-state index >= 15 is 0 Å². The Morgan fingerprint density at radius 3 is 2.39 bits per heavy atom. The zero-order valence-corrected chi connectivity index (χ0v) is 16.8. The Labute approximate surface area is 165 Å². The highest BCUT2D eigenvalue weighted by Gasteiger charge is 2.29. The Kier molecular flexibility index (Phi) is 7.05. The predicted octanol–water partition coefficient (Wildman–Crippen LogP) is 3.20. The Morgan fingerprint density at radius 2 is 1.82 bits per heavy atom. The minimum atomic E-state index is -1.28. The van der Waals surface area contributed by atoms with E-state index in [-0.39, 0.29) is 11.8 Å². The van der Waals surface area contributed by atoms with E-state index in [0.29, 0.717) is 12.3 Å². The van der Waals surface area contributed by atoms with Crippen LogP contribution in [0.15, 0.2) is 42.5 Å². The summed E-state index contributed by atoms with van der Waals surface area (Å²) in [6.07, 6.45) is 0.0900. The Bertz CT molecular complexity index is 801. The van der Waals surface area contributed by atoms with Crippen LogP contribution in [0.5, 0.6) is 11.5 Å². The van der Waals surface area contributed by atoms with Gasteiger partial charge in [0.2, 0.25) is 0 Å². The van der Waals surface area contributed by atoms with Crippen LogP contribution in [0.2, 0.25) is 0 Å². The van der Waals surface area contributed by atoms with Crippen molar-refractivity contribution < 1.29 is 24.9 Å². The van der Waals surface area contributed by atoms with E-state index in [1.54, 1.807) is 30.3 Å². The van der Waals surface area contributed by atoms with Crippen LogP contribution in [0, 0.1) is 6.92 Å². The van der Waals surface area contributed by atoms with E-state index in [1.165, 1.54) is 13.8 Å². The number of aliphatic hydroxyl groups excluding tert-OH is 1. The summed E-state index contributed by atoms with van der Waals surface area (Å²) >= 11 is 0. The van der Waals surface area contributed by atoms with E-state index in [0.717, 1.165) is 23.1 Å². The molecule has 28 heavy (non-hydrogen) atoms. The number of rotatable bonds is 9. The highest BCUT2D eigenvalue weighted by atomic mass is 16.5. The lowest BCUT2D eigenvalue weighted by molar-refractivity contribution is -0.152. The summed E-state index contributed by atoms with van der Waals surface area (Å²) in [5.74, 6) is -0.285. The van der Waals surface area contributed by atoms with Gasteiger partial charge < -0.3 is 25.4 Å². The quantitative estimate of drug-likeness (QED) is 0.527. The molecule has 0 saturated carbocycles. The van der Waals surface area contributed by atoms with Gasteiger partial charge in [-0.25, -0.2) is 4.79 Å². The second-order valence-electron chi connectivity index (χ2n) is 7.55. The molecule has 6 nitrogen and oxygen atoms in total. The standard InChI is InChI=1S/C22H29NO5/c1-14-13-16(5-10-19(14)28-22(3,4)21(26)27)11-12-23-15(2)20(25)17-6-8-18(24)9-7-17/h5-10,13,15,20,23-25H,11-12H2,1-4H3,(H,26,27). The average Bonchev–Trinajstić information content (AvgIpc) is 2.63. The van der Waals surface area contributed by atoms with Crippen LogP contribution >= 0.6 is 0 Å². The largest absolute Gasteiger partial charge is 0.508 e. The van der Waals surface area contributed by atoms with Crippen molar-refractivity contribution in [2.24, 2.45) is 0 Å². The van der Waals surface area contributed by atoms with Gasteiger partial charge in [-0.05, 0) is 75.5 Å². The fourth-order valence-corrected chi connectivity index (χ4v) is 2.82. The zero-order chi connectivity index (χ0) is 20.9. The van der Waals surface area contributed by atoms with Gasteiger partial charge >= 0.3 is 5.97 Å². The van der Waals surface area contributed by atoms with Crippen LogP contribution in [0.1, 0.15) is 43.6 Å². The zero-order valence-electron chi connectivity index (χ0n) is 16.8. The van der Waals surface area contributed by atoms with Gasteiger partial charge in [-0.1, -0.05) is 24.3 Å². The lowest BCUT2D eigenvalue weighted by atomic mass is 10.0. The number of carboxylic acids is 1. The molecule has 0 aliphatic carbocycles. The monoisotopic (exact) mass is 387 g/mol. The number of carboxylic acid groups (broad SMARTS) is 1. The number of carbonyl (C=O) groups is 1. The van der Waals surface area contributed by atoms with Crippen LogP contribution in [0.3, 0.4) is 0 Å². The smallest absolute Gasteiger partial charge is 0.347 e. The SMILES string of the molecule is Cc1cc(CCNC(C)C(O)c2ccc(O)cc2)ccc1OC(C)(C)C(=O)O. The van der Waals surface area contributed by atoms with Gasteiger partial charge in [0.25, 0.3) is 0 Å². The summed E-state index contributed by atoms with van der Waals surface area (Å²) in [6, 6.07) is 12.1. The predicted molar refractivity (Wildman–Crippen MR) is 108 cm³/mol. The number of hydrogen-bond donors (Lipinski definition) is 4. The first-order chi connectivity index (χ1) is 13.1. The first kappa shape index (κ1) is 21.7. The normalized spacial score (nSPS) is 13.8. The highest BCUT2D eigenvalue weighted by molar-refractivity contribution is 5.76. The number of phenols is 1. The number of aliphatic hydroxyl groups is 1. The van der Waals surface area contributed by atoms with Crippen LogP contribution in [-0.2, 0) is 11.2 Å². The molecule has 0 saturated heterocycles. The molecule has 2 aromatic carbocycles. The number of hydrogen-bond acceptors (Lipinski definition) is 5. The first-order valence-corrected chi connectivity index (χ1v) is 9.32. The molecule has 152 valence electrons. The number of nitrogens with one attached hydrogen (secondary N) is 1. The first-order valence-electron chi connectivity index (χ1n) is 9.32. The van der Waals surface area contributed by atoms with Crippen LogP contribution in [0.4, 0.5) is 0 Å². The van der Waals surface area contributed by atoms with E-state index in [9.17, 15) is 20.1 Å². The van der Waals surface area contributed by atoms with E-state index in [2.05, 4.69) is 5.32 Å². The fourth-order valence-electron chi connectivity index (χ4n) is 2.82. The molecule has 2 unspecified atom stereocenters. The summed E-state index contributed by atoms with van der Waals surface area (Å²) in [4.78, 5) is 11.2. The van der Waals surface area contributed by atoms with Crippen molar-refractivity contribution in [1.82, 2.24) is 5.32 Å². The number of aromatic hydroxyl groups is 1. The van der Waals surface area contributed by atoms with Crippen LogP contribution in [0.25, 0.3) is 0 Å². The maximum absolute atomic E-state index is 11.2. The average molecular weight is 387 g/mol. The highest BCUT2D eigenvalue weighted by Crippen LogP contribution is 2.24. The minimum absolute atomic E-state index is 0.149. The lowest BCUT2D eigenvalue weighted by Gasteiger charge is -2.23. The van der Waals surface area contributed by atoms with Crippen molar-refractivity contribution in [1.29, 1.82) is 0 Å². The summed E-state index contributed by atoms with van der Waals surface area (Å²) in [5, 5.41) is 32.2. The van der Waals surface area contributed by atoms with Gasteiger partial charge in [-0.15, -0.1) is 0 Å². The third kappa shape index (κ3) is 5.71. The Balaban J connectivity index is 1.89. The number of benzene rings is 2. The molecular formula is C22H29NO5. The van der Waals surface area contributed by atoms with Crippen molar-refractivity contribution in [2.45, 2.75) is 51.9 Å². The number of ether oxygens (including phenoxy) is 1. The molecule has 0 radical (unpaired) electrons. The Morgan fingerprint density at radius 1 is 1.18 bits per heavy atom. The van der Waals surface area contributed by atoms with Crippen molar-refractivity contribution in [3.63, 3.8) is 0 Å². The second-order valence-corrected chi connectivity index (χ2v) is 7.55. The van der Waals surface area contributed by atoms with E-state index in [4.69, 9.17) is 4.74 Å². The van der Waals surface area contributed by atoms with Crippen molar-refractivity contribution in [3.05, 3.63) is 59.2 Å². The van der Waals surface area contributed by atoms with Gasteiger partial charge in [0.05, 0.1) is 6.10 Å². The molecule has 0 heterocycles. The lowest BCUT2D eigenvalue weighted by Crippen LogP contribution is -2.38. The third-order valence-corrected chi connectivity index (χ3v) is 4.71. The molecule has 6 heteroatoms. The summed E-state index contributed by atoms with van der Waals surface area (Å²) in [6.45, 7) is 7.52. The summed E-state index contributed by atoms with van der Waals surface area (Å²) < 4.78 is 5.61. The fraction of sp³-hybridized carbons (Fsp3) is 0.409. The molecule has 4 N–H and O–H groups in total. The molecule has 0 aliphatic rings. The number of aryl methyl sites for hydroxylation is 1. The van der Waals surface area contributed by atoms with Crippen molar-refractivity contribution in [3.8, 4) is 11.5 Å². The topological polar surface area (TPSA) is 99.0 Å². The molecule has 2 atom stereocenters. The summed E-state index contributed by atoms with van der Waals surface area (Å²) in [5.41, 5.74) is 1.44. The van der Waals surface area contributed by atoms with Gasteiger partial charge in [0, 0.05) is 6.04 Å². The van der Waals surface area contributed by atoms with E-state index < -0.39 is 17.7 Å². The second kappa shape index (κ2) is 9.08. The molecule has 2 aromatic rings. The minimum Gasteiger partial charge on any atom is -0.508 e. The number of aliphatic carboxylic acids is 1. The molecule has 0 amide bonds. The van der Waals surface area contributed by atoms with E-state index in [1.807, 2.05) is 26.0 Å². The summed E-state index contributed by atoms with van der Waals surface area (Å²) in [7, 11) is 0. The molecule has 0 spiro atoms. The van der Waals surface area contributed by atoms with Crippen molar-refractivity contribution >= 4 is 5.97 Å². The van der Waals surface area contributed by atoms with Gasteiger partial charge in [-0.2, -0.15) is 0 Å². The third-order valence-electron chi connectivity index (χ3n) is 4.71. The van der Waals surface area contributed by atoms with Gasteiger partial charge in [0.1, 0.15) is 11.5 Å². The van der Waals surface area contributed by atoms with Crippen molar-refractivity contribution in [2.75, 3.05) is 6.54 Å². The molecule has 0 fully saturated rings. The Hall–Kier alpha value is -2.57. The van der Waals surface area contributed by atoms with Crippen LogP contribution < -0.4 is 10.1 Å². The molecule has 0 aromatic heterocycles. The van der Waals surface area contributed by atoms with Gasteiger partial charge in [0.15, 0.2) is 5.60 Å². The maximum atomic E-state index is 11.2. The molecule has 0 aliphatic heterocycles. The van der Waals surface area contributed by atoms with Crippen LogP contribution in [-0.4, -0.2) is 39.5 Å².